The second kappa shape index (κ2) is 8.49. The number of likely N-dealkylation sites (N-methyl/N-ethyl adjacent to an activating group) is 1. The van der Waals surface area contributed by atoms with Gasteiger partial charge < -0.3 is 9.88 Å². The van der Waals surface area contributed by atoms with Gasteiger partial charge in [-0.3, -0.25) is 19.8 Å². The highest BCUT2D eigenvalue weighted by Gasteiger charge is 2.34. The minimum atomic E-state index is -0.465. The van der Waals surface area contributed by atoms with Crippen molar-refractivity contribution in [3.63, 3.8) is 0 Å². The summed E-state index contributed by atoms with van der Waals surface area (Å²) in [5.74, 6) is -0.128. The molecule has 4 rings (SSSR count). The SMILES string of the molecule is CN1CCC(Nc2ccc(C(=O)c3nccn3C)cc2[N+](=O)[O-])C1c1ccc(Cl)cc1. The molecule has 2 atom stereocenters. The van der Waals surface area contributed by atoms with Crippen molar-refractivity contribution in [2.45, 2.75) is 18.5 Å². The van der Waals surface area contributed by atoms with Crippen LogP contribution in [-0.2, 0) is 7.05 Å². The lowest BCUT2D eigenvalue weighted by Gasteiger charge is -2.27. The van der Waals surface area contributed by atoms with Crippen LogP contribution >= 0.6 is 11.6 Å². The van der Waals surface area contributed by atoms with Gasteiger partial charge in [0.2, 0.25) is 5.78 Å². The van der Waals surface area contributed by atoms with Gasteiger partial charge in [0.15, 0.2) is 5.82 Å². The first kappa shape index (κ1) is 21.0. The molecular weight excluding hydrogens is 418 g/mol. The summed E-state index contributed by atoms with van der Waals surface area (Å²) in [4.78, 5) is 30.3. The zero-order chi connectivity index (χ0) is 22.1. The average Bonchev–Trinajstić information content (AvgIpc) is 3.34. The number of ketones is 1. The highest BCUT2D eigenvalue weighted by Crippen LogP contribution is 2.36. The van der Waals surface area contributed by atoms with E-state index in [2.05, 4.69) is 15.2 Å². The van der Waals surface area contributed by atoms with Gasteiger partial charge >= 0.3 is 0 Å². The molecule has 0 bridgehead atoms. The van der Waals surface area contributed by atoms with Gasteiger partial charge in [0.05, 0.1) is 11.0 Å². The van der Waals surface area contributed by atoms with E-state index in [1.807, 2.05) is 31.3 Å². The Labute approximate surface area is 184 Å². The maximum Gasteiger partial charge on any atom is 0.293 e. The van der Waals surface area contributed by atoms with Crippen molar-refractivity contribution in [3.05, 3.63) is 86.9 Å². The van der Waals surface area contributed by atoms with Crippen molar-refractivity contribution >= 4 is 28.8 Å². The highest BCUT2D eigenvalue weighted by atomic mass is 35.5. The first-order valence-corrected chi connectivity index (χ1v) is 10.3. The third kappa shape index (κ3) is 4.17. The lowest BCUT2D eigenvalue weighted by atomic mass is 9.99. The molecule has 9 heteroatoms. The number of halogens is 1. The Bertz CT molecular complexity index is 1130. The van der Waals surface area contributed by atoms with Crippen molar-refractivity contribution < 1.29 is 9.72 Å². The van der Waals surface area contributed by atoms with E-state index in [4.69, 9.17) is 11.6 Å². The van der Waals surface area contributed by atoms with E-state index < -0.39 is 4.92 Å². The average molecular weight is 440 g/mol. The standard InChI is InChI=1S/C22H22ClN5O3/c1-26-11-9-18(20(26)14-3-6-16(23)7-4-14)25-17-8-5-15(13-19(17)28(30)31)21(29)22-24-10-12-27(22)2/h3-8,10,12-13,18,20,25H,9,11H2,1-2H3. The third-order valence-corrected chi connectivity index (χ3v) is 5.93. The second-order valence-corrected chi connectivity index (χ2v) is 8.13. The van der Waals surface area contributed by atoms with E-state index in [9.17, 15) is 14.9 Å². The monoisotopic (exact) mass is 439 g/mol. The molecule has 0 radical (unpaired) electrons. The van der Waals surface area contributed by atoms with Gasteiger partial charge in [-0.2, -0.15) is 0 Å². The molecule has 1 fully saturated rings. The number of nitro groups is 1. The molecule has 0 aliphatic carbocycles. The normalized spacial score (nSPS) is 18.8. The van der Waals surface area contributed by atoms with Crippen molar-refractivity contribution in [2.24, 2.45) is 7.05 Å². The van der Waals surface area contributed by atoms with E-state index in [0.717, 1.165) is 18.5 Å². The summed E-state index contributed by atoms with van der Waals surface area (Å²) < 4.78 is 1.59. The quantitative estimate of drug-likeness (QED) is 0.353. The van der Waals surface area contributed by atoms with Crippen LogP contribution in [0.25, 0.3) is 0 Å². The van der Waals surface area contributed by atoms with Crippen LogP contribution in [0.4, 0.5) is 11.4 Å². The molecule has 1 aliphatic heterocycles. The van der Waals surface area contributed by atoms with E-state index in [1.54, 1.807) is 29.9 Å². The number of hydrogen-bond acceptors (Lipinski definition) is 6. The van der Waals surface area contributed by atoms with Crippen LogP contribution in [0.1, 0.15) is 34.2 Å². The van der Waals surface area contributed by atoms with Crippen LogP contribution in [0.2, 0.25) is 5.02 Å². The summed E-state index contributed by atoms with van der Waals surface area (Å²) in [5, 5.41) is 15.8. The number of imidazole rings is 1. The maximum absolute atomic E-state index is 12.7. The van der Waals surface area contributed by atoms with Gasteiger partial charge in [-0.15, -0.1) is 0 Å². The predicted molar refractivity (Wildman–Crippen MR) is 119 cm³/mol. The Morgan fingerprint density at radius 2 is 1.97 bits per heavy atom. The summed E-state index contributed by atoms with van der Waals surface area (Å²) in [6.07, 6.45) is 4.00. The molecular formula is C22H22ClN5O3. The number of carbonyl (C=O) groups excluding carboxylic acids is 1. The minimum absolute atomic E-state index is 0.0269. The summed E-state index contributed by atoms with van der Waals surface area (Å²) in [7, 11) is 3.74. The van der Waals surface area contributed by atoms with E-state index in [0.29, 0.717) is 10.7 Å². The molecule has 2 heterocycles. The van der Waals surface area contributed by atoms with Gasteiger partial charge in [0.1, 0.15) is 5.69 Å². The molecule has 8 nitrogen and oxygen atoms in total. The number of aromatic nitrogens is 2. The van der Waals surface area contributed by atoms with Crippen LogP contribution in [0.3, 0.4) is 0 Å². The Hall–Kier alpha value is -3.23. The molecule has 2 aromatic carbocycles. The minimum Gasteiger partial charge on any atom is -0.375 e. The number of rotatable bonds is 6. The third-order valence-electron chi connectivity index (χ3n) is 5.68. The number of hydrogen-bond donors (Lipinski definition) is 1. The first-order chi connectivity index (χ1) is 14.8. The molecule has 1 aliphatic rings. The van der Waals surface area contributed by atoms with Gasteiger partial charge in [0.25, 0.3) is 5.69 Å². The maximum atomic E-state index is 12.7. The molecule has 0 spiro atoms. The van der Waals surface area contributed by atoms with Gasteiger partial charge in [-0.1, -0.05) is 23.7 Å². The predicted octanol–water partition coefficient (Wildman–Crippen LogP) is 4.07. The van der Waals surface area contributed by atoms with Crippen molar-refractivity contribution in [1.29, 1.82) is 0 Å². The molecule has 2 unspecified atom stereocenters. The van der Waals surface area contributed by atoms with Gasteiger partial charge in [0, 0.05) is 48.7 Å². The molecule has 1 N–H and O–H groups in total. The Morgan fingerprint density at radius 3 is 2.61 bits per heavy atom. The summed E-state index contributed by atoms with van der Waals surface area (Å²) >= 11 is 6.03. The number of nitro benzene ring substituents is 1. The van der Waals surface area contributed by atoms with Crippen LogP contribution in [0.15, 0.2) is 54.9 Å². The largest absolute Gasteiger partial charge is 0.375 e. The van der Waals surface area contributed by atoms with E-state index in [-0.39, 0.29) is 34.9 Å². The lowest BCUT2D eigenvalue weighted by Crippen LogP contribution is -2.29. The molecule has 1 aromatic heterocycles. The number of nitrogens with zero attached hydrogens (tertiary/aromatic N) is 4. The molecule has 1 saturated heterocycles. The number of aryl methyl sites for hydroxylation is 1. The molecule has 31 heavy (non-hydrogen) atoms. The number of nitrogens with one attached hydrogen (secondary N) is 1. The lowest BCUT2D eigenvalue weighted by molar-refractivity contribution is -0.384. The van der Waals surface area contributed by atoms with Gasteiger partial charge in [-0.25, -0.2) is 4.98 Å². The number of anilines is 1. The number of likely N-dealkylation sites (tertiary alicyclic amines) is 1. The van der Waals surface area contributed by atoms with Gasteiger partial charge in [-0.05, 0) is 43.3 Å². The fourth-order valence-electron chi connectivity index (χ4n) is 4.10. The smallest absolute Gasteiger partial charge is 0.293 e. The summed E-state index contributed by atoms with van der Waals surface area (Å²) in [6.45, 7) is 0.856. The number of benzene rings is 2. The Balaban J connectivity index is 1.63. The zero-order valence-electron chi connectivity index (χ0n) is 17.2. The summed E-state index contributed by atoms with van der Waals surface area (Å²) in [6, 6.07) is 12.2. The van der Waals surface area contributed by atoms with Crippen molar-refractivity contribution in [2.75, 3.05) is 18.9 Å². The molecule has 0 saturated carbocycles. The van der Waals surface area contributed by atoms with Crippen LogP contribution in [0, 0.1) is 10.1 Å². The van der Waals surface area contributed by atoms with Crippen molar-refractivity contribution in [3.8, 4) is 0 Å². The van der Waals surface area contributed by atoms with Crippen LogP contribution in [-0.4, -0.2) is 44.8 Å². The Morgan fingerprint density at radius 1 is 1.23 bits per heavy atom. The first-order valence-electron chi connectivity index (χ1n) is 9.88. The van der Waals surface area contributed by atoms with E-state index in [1.165, 1.54) is 12.3 Å². The summed E-state index contributed by atoms with van der Waals surface area (Å²) in [5.41, 5.74) is 1.57. The number of carbonyl (C=O) groups is 1. The molecule has 0 amide bonds. The highest BCUT2D eigenvalue weighted by molar-refractivity contribution is 6.30. The molecule has 160 valence electrons. The molecule has 3 aromatic rings. The topological polar surface area (TPSA) is 93.3 Å². The Kier molecular flexibility index (Phi) is 5.75. The fourth-order valence-corrected chi connectivity index (χ4v) is 4.23. The van der Waals surface area contributed by atoms with Crippen LogP contribution < -0.4 is 5.32 Å². The fraction of sp³-hybridized carbons (Fsp3) is 0.273. The second-order valence-electron chi connectivity index (χ2n) is 7.70. The van der Waals surface area contributed by atoms with Crippen molar-refractivity contribution in [1.82, 2.24) is 14.5 Å². The van der Waals surface area contributed by atoms with E-state index >= 15 is 0 Å². The zero-order valence-corrected chi connectivity index (χ0v) is 17.9. The van der Waals surface area contributed by atoms with Crippen LogP contribution in [0.5, 0.6) is 0 Å².